The van der Waals surface area contributed by atoms with Crippen molar-refractivity contribution >= 4 is 23.3 Å². The van der Waals surface area contributed by atoms with Crippen LogP contribution in [0.2, 0.25) is 0 Å². The van der Waals surface area contributed by atoms with Gasteiger partial charge in [0.1, 0.15) is 5.82 Å². The van der Waals surface area contributed by atoms with Gasteiger partial charge in [-0.2, -0.15) is 13.2 Å². The van der Waals surface area contributed by atoms with Gasteiger partial charge in [-0.1, -0.05) is 13.0 Å². The van der Waals surface area contributed by atoms with Crippen molar-refractivity contribution in [2.75, 3.05) is 18.4 Å². The number of hydrogen-bond donors (Lipinski definition) is 3. The summed E-state index contributed by atoms with van der Waals surface area (Å²) in [5.41, 5.74) is -0.571. The monoisotopic (exact) mass is 380 g/mol. The summed E-state index contributed by atoms with van der Waals surface area (Å²) >= 11 is 0. The summed E-state index contributed by atoms with van der Waals surface area (Å²) in [5, 5.41) is 7.80. The first-order valence-corrected chi connectivity index (χ1v) is 8.25. The topological polar surface area (TPSA) is 83.1 Å². The number of rotatable bonds is 7. The predicted octanol–water partition coefficient (Wildman–Crippen LogP) is 3.10. The highest BCUT2D eigenvalue weighted by Crippen LogP contribution is 2.31. The molecule has 0 aliphatic rings. The number of halogens is 3. The Bertz CT molecular complexity index is 809. The Kier molecular flexibility index (Phi) is 6.75. The molecule has 2 amide bonds. The molecule has 0 unspecified atom stereocenters. The predicted molar refractivity (Wildman–Crippen MR) is 94.6 cm³/mol. The highest BCUT2D eigenvalue weighted by atomic mass is 19.4. The molecule has 0 saturated carbocycles. The van der Waals surface area contributed by atoms with Crippen LogP contribution >= 0.6 is 0 Å². The number of hydrogen-bond acceptors (Lipinski definition) is 4. The molecule has 3 N–H and O–H groups in total. The Hall–Kier alpha value is -3.10. The van der Waals surface area contributed by atoms with Gasteiger partial charge < -0.3 is 16.0 Å². The van der Waals surface area contributed by atoms with E-state index in [1.165, 1.54) is 30.5 Å². The Balaban J connectivity index is 2.12. The minimum absolute atomic E-state index is 0.0864. The molecule has 0 atom stereocenters. The Morgan fingerprint density at radius 1 is 1.11 bits per heavy atom. The molecule has 0 bridgehead atoms. The van der Waals surface area contributed by atoms with Crippen LogP contribution in [0.25, 0.3) is 0 Å². The van der Waals surface area contributed by atoms with Crippen molar-refractivity contribution in [2.24, 2.45) is 0 Å². The fourth-order valence-corrected chi connectivity index (χ4v) is 2.18. The second kappa shape index (κ2) is 9.02. The maximum atomic E-state index is 12.8. The van der Waals surface area contributed by atoms with E-state index in [1.54, 1.807) is 0 Å². The van der Waals surface area contributed by atoms with Crippen LogP contribution in [0, 0.1) is 0 Å². The number of anilines is 2. The van der Waals surface area contributed by atoms with Crippen molar-refractivity contribution in [2.45, 2.75) is 19.5 Å². The van der Waals surface area contributed by atoms with Crippen molar-refractivity contribution in [1.29, 1.82) is 0 Å². The molecular formula is C18H19F3N4O2. The summed E-state index contributed by atoms with van der Waals surface area (Å²) in [4.78, 5) is 27.9. The molecule has 9 heteroatoms. The highest BCUT2D eigenvalue weighted by Gasteiger charge is 2.30. The van der Waals surface area contributed by atoms with Gasteiger partial charge in [0, 0.05) is 18.4 Å². The van der Waals surface area contributed by atoms with E-state index in [-0.39, 0.29) is 29.5 Å². The lowest BCUT2D eigenvalue weighted by molar-refractivity contribution is -0.137. The number of nitrogens with zero attached hydrogens (tertiary/aromatic N) is 1. The first-order chi connectivity index (χ1) is 12.8. The van der Waals surface area contributed by atoms with Gasteiger partial charge >= 0.3 is 6.18 Å². The molecular weight excluding hydrogens is 361 g/mol. The van der Waals surface area contributed by atoms with Crippen LogP contribution < -0.4 is 16.0 Å². The van der Waals surface area contributed by atoms with Crippen molar-refractivity contribution in [3.63, 3.8) is 0 Å². The third kappa shape index (κ3) is 5.98. The summed E-state index contributed by atoms with van der Waals surface area (Å²) in [5.74, 6) is -0.811. The molecule has 0 spiro atoms. The number of carbonyl (C=O) groups excluding carboxylic acids is 2. The standard InChI is InChI=1S/C18H19F3N4O2/c1-2-8-22-15(26)11-24-17(27)14-7-4-9-23-16(14)25-13-6-3-5-12(10-13)18(19,20)21/h3-7,9-10H,2,8,11H2,1H3,(H,22,26)(H,23,25)(H,24,27). The molecule has 1 aromatic carbocycles. The summed E-state index contributed by atoms with van der Waals surface area (Å²) in [7, 11) is 0. The van der Waals surface area contributed by atoms with Crippen LogP contribution in [-0.2, 0) is 11.0 Å². The van der Waals surface area contributed by atoms with E-state index >= 15 is 0 Å². The average Bonchev–Trinajstić information content (AvgIpc) is 2.64. The van der Waals surface area contributed by atoms with Crippen molar-refractivity contribution in [3.8, 4) is 0 Å². The fourth-order valence-electron chi connectivity index (χ4n) is 2.18. The van der Waals surface area contributed by atoms with Crippen LogP contribution in [0.4, 0.5) is 24.7 Å². The number of alkyl halides is 3. The SMILES string of the molecule is CCCNC(=O)CNC(=O)c1cccnc1Nc1cccc(C(F)(F)F)c1. The van der Waals surface area contributed by atoms with Crippen LogP contribution in [0.15, 0.2) is 42.6 Å². The molecule has 27 heavy (non-hydrogen) atoms. The quantitative estimate of drug-likeness (QED) is 0.689. The Labute approximate surface area is 154 Å². The van der Waals surface area contributed by atoms with Gasteiger partial charge in [-0.3, -0.25) is 9.59 Å². The van der Waals surface area contributed by atoms with Gasteiger partial charge in [0.25, 0.3) is 5.91 Å². The number of nitrogens with one attached hydrogen (secondary N) is 3. The third-order valence-corrected chi connectivity index (χ3v) is 3.49. The molecule has 0 aliphatic carbocycles. The van der Waals surface area contributed by atoms with E-state index in [9.17, 15) is 22.8 Å². The van der Waals surface area contributed by atoms with Crippen LogP contribution in [0.3, 0.4) is 0 Å². The smallest absolute Gasteiger partial charge is 0.355 e. The van der Waals surface area contributed by atoms with E-state index in [0.717, 1.165) is 18.6 Å². The largest absolute Gasteiger partial charge is 0.416 e. The minimum Gasteiger partial charge on any atom is -0.355 e. The van der Waals surface area contributed by atoms with E-state index in [0.29, 0.717) is 6.54 Å². The van der Waals surface area contributed by atoms with E-state index < -0.39 is 17.6 Å². The Morgan fingerprint density at radius 2 is 1.89 bits per heavy atom. The molecule has 2 aromatic rings. The first-order valence-electron chi connectivity index (χ1n) is 8.25. The van der Waals surface area contributed by atoms with Gasteiger partial charge in [0.15, 0.2) is 0 Å². The number of carbonyl (C=O) groups is 2. The molecule has 1 heterocycles. The maximum Gasteiger partial charge on any atom is 0.416 e. The Morgan fingerprint density at radius 3 is 2.59 bits per heavy atom. The van der Waals surface area contributed by atoms with Gasteiger partial charge in [-0.05, 0) is 36.8 Å². The number of benzene rings is 1. The zero-order valence-corrected chi connectivity index (χ0v) is 14.6. The van der Waals surface area contributed by atoms with Gasteiger partial charge in [-0.15, -0.1) is 0 Å². The summed E-state index contributed by atoms with van der Waals surface area (Å²) in [6, 6.07) is 7.54. The van der Waals surface area contributed by atoms with E-state index in [4.69, 9.17) is 0 Å². The molecule has 2 rings (SSSR count). The third-order valence-electron chi connectivity index (χ3n) is 3.49. The molecule has 144 valence electrons. The number of aromatic nitrogens is 1. The lowest BCUT2D eigenvalue weighted by Gasteiger charge is -2.13. The molecule has 0 radical (unpaired) electrons. The molecule has 1 aromatic heterocycles. The second-order valence-corrected chi connectivity index (χ2v) is 5.64. The summed E-state index contributed by atoms with van der Waals surface area (Å²) in [6.45, 7) is 2.20. The number of pyridine rings is 1. The lowest BCUT2D eigenvalue weighted by Crippen LogP contribution is -2.37. The van der Waals surface area contributed by atoms with Gasteiger partial charge in [0.2, 0.25) is 5.91 Å². The number of amides is 2. The summed E-state index contributed by atoms with van der Waals surface area (Å²) < 4.78 is 38.5. The molecule has 0 saturated heterocycles. The summed E-state index contributed by atoms with van der Waals surface area (Å²) in [6.07, 6.45) is -2.30. The van der Waals surface area contributed by atoms with Crippen molar-refractivity contribution in [1.82, 2.24) is 15.6 Å². The zero-order valence-electron chi connectivity index (χ0n) is 14.6. The van der Waals surface area contributed by atoms with E-state index in [1.807, 2.05) is 6.92 Å². The van der Waals surface area contributed by atoms with Crippen molar-refractivity contribution in [3.05, 3.63) is 53.7 Å². The van der Waals surface area contributed by atoms with E-state index in [2.05, 4.69) is 20.9 Å². The average molecular weight is 380 g/mol. The first kappa shape index (κ1) is 20.2. The maximum absolute atomic E-state index is 12.8. The van der Waals surface area contributed by atoms with Gasteiger partial charge in [-0.25, -0.2) is 4.98 Å². The molecule has 0 aliphatic heterocycles. The highest BCUT2D eigenvalue weighted by molar-refractivity contribution is 6.00. The zero-order chi connectivity index (χ0) is 19.9. The normalized spacial score (nSPS) is 11.0. The van der Waals surface area contributed by atoms with Crippen LogP contribution in [0.5, 0.6) is 0 Å². The van der Waals surface area contributed by atoms with Crippen LogP contribution in [0.1, 0.15) is 29.3 Å². The second-order valence-electron chi connectivity index (χ2n) is 5.64. The van der Waals surface area contributed by atoms with Crippen molar-refractivity contribution < 1.29 is 22.8 Å². The van der Waals surface area contributed by atoms with Gasteiger partial charge in [0.05, 0.1) is 17.7 Å². The molecule has 0 fully saturated rings. The molecule has 6 nitrogen and oxygen atoms in total. The fraction of sp³-hybridized carbons (Fsp3) is 0.278. The van der Waals surface area contributed by atoms with Crippen LogP contribution in [-0.4, -0.2) is 29.9 Å². The minimum atomic E-state index is -4.48. The lowest BCUT2D eigenvalue weighted by atomic mass is 10.2.